The van der Waals surface area contributed by atoms with Crippen molar-refractivity contribution in [3.63, 3.8) is 0 Å². The Bertz CT molecular complexity index is 310. The van der Waals surface area contributed by atoms with Crippen molar-refractivity contribution in [1.29, 1.82) is 0 Å². The van der Waals surface area contributed by atoms with Crippen LogP contribution in [0.15, 0.2) is 24.3 Å². The summed E-state index contributed by atoms with van der Waals surface area (Å²) in [5, 5.41) is 10.4. The topological polar surface area (TPSA) is 47.9 Å². The summed E-state index contributed by atoms with van der Waals surface area (Å²) in [7, 11) is 0. The van der Waals surface area contributed by atoms with E-state index in [1.54, 1.807) is 0 Å². The summed E-state index contributed by atoms with van der Waals surface area (Å²) in [4.78, 5) is 0. The van der Waals surface area contributed by atoms with Crippen molar-refractivity contribution < 1.29 is 10.8 Å². The minimum Gasteiger partial charge on any atom is -0.383 e. The predicted octanol–water partition coefficient (Wildman–Crippen LogP) is 0.537. The van der Waals surface area contributed by atoms with Crippen molar-refractivity contribution in [3.8, 4) is 0 Å². The molecule has 1 atom stereocenters. The van der Waals surface area contributed by atoms with Crippen molar-refractivity contribution in [2.24, 2.45) is 0 Å². The molecule has 0 unspecified atom stereocenters. The molecule has 0 aromatic heterocycles. The van der Waals surface area contributed by atoms with Crippen LogP contribution in [0.2, 0.25) is 0 Å². The predicted molar refractivity (Wildman–Crippen MR) is 55.8 cm³/mol. The van der Waals surface area contributed by atoms with Gasteiger partial charge in [0.25, 0.3) is 0 Å². The van der Waals surface area contributed by atoms with Gasteiger partial charge in [0.2, 0.25) is 0 Å². The second-order valence-electron chi connectivity index (χ2n) is 4.33. The summed E-state index contributed by atoms with van der Waals surface area (Å²) >= 11 is 0. The van der Waals surface area contributed by atoms with Crippen LogP contribution in [0.4, 0.5) is 0 Å². The Balaban J connectivity index is 2.25. The third-order valence-corrected chi connectivity index (χ3v) is 3.36. The highest BCUT2D eigenvalue weighted by Crippen LogP contribution is 2.31. The molecule has 14 heavy (non-hydrogen) atoms. The van der Waals surface area contributed by atoms with Gasteiger partial charge in [-0.05, 0) is 17.5 Å². The molecule has 1 aromatic carbocycles. The minimum atomic E-state index is -0.599. The molecule has 0 saturated heterocycles. The van der Waals surface area contributed by atoms with E-state index in [4.69, 9.17) is 0 Å². The van der Waals surface area contributed by atoms with Crippen molar-refractivity contribution in [2.45, 2.75) is 37.8 Å². The average molecular weight is 192 g/mol. The molecule has 1 aliphatic carbocycles. The Morgan fingerprint density at radius 2 is 1.86 bits per heavy atom. The van der Waals surface area contributed by atoms with Gasteiger partial charge in [0.1, 0.15) is 11.6 Å². The first kappa shape index (κ1) is 9.69. The highest BCUT2D eigenvalue weighted by molar-refractivity contribution is 5.35. The van der Waals surface area contributed by atoms with E-state index in [1.165, 1.54) is 11.1 Å². The molecule has 1 aliphatic rings. The summed E-state index contributed by atoms with van der Waals surface area (Å²) in [5.41, 5.74) is 6.02. The minimum absolute atomic E-state index is 0.134. The SMILES string of the molecule is CC[C@H]([NH3+])C1(O)Cc2ccccc2C1. The van der Waals surface area contributed by atoms with Crippen LogP contribution in [0.1, 0.15) is 24.5 Å². The molecule has 0 amide bonds. The van der Waals surface area contributed by atoms with Crippen molar-refractivity contribution in [1.82, 2.24) is 0 Å². The summed E-state index contributed by atoms with van der Waals surface area (Å²) in [6.07, 6.45) is 2.47. The molecule has 0 radical (unpaired) electrons. The normalized spacial score (nSPS) is 20.5. The number of rotatable bonds is 2. The first-order valence-electron chi connectivity index (χ1n) is 5.28. The van der Waals surface area contributed by atoms with E-state index >= 15 is 0 Å². The Hall–Kier alpha value is -0.860. The highest BCUT2D eigenvalue weighted by Gasteiger charge is 2.41. The first-order valence-corrected chi connectivity index (χ1v) is 5.28. The molecule has 0 bridgehead atoms. The fourth-order valence-corrected chi connectivity index (χ4v) is 2.29. The van der Waals surface area contributed by atoms with Crippen molar-refractivity contribution in [3.05, 3.63) is 35.4 Å². The standard InChI is InChI=1S/C12H17NO/c1-2-11(13)12(14)7-9-5-3-4-6-10(9)8-12/h3-6,11,14H,2,7-8,13H2,1H3/p+1/t11-/m0/s1. The van der Waals surface area contributed by atoms with E-state index in [-0.39, 0.29) is 6.04 Å². The highest BCUT2D eigenvalue weighted by atomic mass is 16.3. The molecule has 0 spiro atoms. The number of aliphatic hydroxyl groups is 1. The number of fused-ring (bicyclic) bond motifs is 1. The molecule has 2 rings (SSSR count). The summed E-state index contributed by atoms with van der Waals surface area (Å²) in [5.74, 6) is 0. The van der Waals surface area contributed by atoms with Crippen LogP contribution in [-0.4, -0.2) is 16.7 Å². The third kappa shape index (κ3) is 1.45. The Morgan fingerprint density at radius 3 is 2.29 bits per heavy atom. The van der Waals surface area contributed by atoms with E-state index in [2.05, 4.69) is 24.8 Å². The van der Waals surface area contributed by atoms with Crippen LogP contribution in [0, 0.1) is 0 Å². The maximum Gasteiger partial charge on any atom is 0.124 e. The van der Waals surface area contributed by atoms with Crippen LogP contribution in [0.5, 0.6) is 0 Å². The quantitative estimate of drug-likeness (QED) is 0.706. The van der Waals surface area contributed by atoms with E-state index in [1.807, 2.05) is 12.1 Å². The van der Waals surface area contributed by atoms with Crippen LogP contribution < -0.4 is 5.73 Å². The lowest BCUT2D eigenvalue weighted by atomic mass is 9.90. The molecular formula is C12H18NO+. The van der Waals surface area contributed by atoms with Gasteiger partial charge in [-0.1, -0.05) is 31.2 Å². The van der Waals surface area contributed by atoms with Crippen LogP contribution in [-0.2, 0) is 12.8 Å². The number of hydrogen-bond donors (Lipinski definition) is 2. The lowest BCUT2D eigenvalue weighted by molar-refractivity contribution is -0.453. The van der Waals surface area contributed by atoms with Gasteiger partial charge >= 0.3 is 0 Å². The zero-order chi connectivity index (χ0) is 10.2. The molecule has 0 fully saturated rings. The van der Waals surface area contributed by atoms with Gasteiger partial charge in [0.15, 0.2) is 0 Å². The van der Waals surface area contributed by atoms with Gasteiger partial charge in [-0.25, -0.2) is 0 Å². The number of benzene rings is 1. The van der Waals surface area contributed by atoms with Gasteiger partial charge in [0, 0.05) is 12.8 Å². The van der Waals surface area contributed by atoms with Crippen LogP contribution in [0.25, 0.3) is 0 Å². The molecule has 76 valence electrons. The van der Waals surface area contributed by atoms with Crippen LogP contribution >= 0.6 is 0 Å². The lowest BCUT2D eigenvalue weighted by Gasteiger charge is -2.25. The Labute approximate surface area is 84.7 Å². The van der Waals surface area contributed by atoms with E-state index < -0.39 is 5.60 Å². The molecule has 4 N–H and O–H groups in total. The molecular weight excluding hydrogens is 174 g/mol. The second-order valence-corrected chi connectivity index (χ2v) is 4.33. The Kier molecular flexibility index (Phi) is 2.33. The van der Waals surface area contributed by atoms with Crippen molar-refractivity contribution >= 4 is 0 Å². The monoisotopic (exact) mass is 192 g/mol. The van der Waals surface area contributed by atoms with Gasteiger partial charge in [-0.2, -0.15) is 0 Å². The lowest BCUT2D eigenvalue weighted by Crippen LogP contribution is -2.71. The average Bonchev–Trinajstić information content (AvgIpc) is 2.54. The number of hydrogen-bond acceptors (Lipinski definition) is 1. The van der Waals surface area contributed by atoms with E-state index in [0.717, 1.165) is 19.3 Å². The maximum absolute atomic E-state index is 10.4. The molecule has 0 saturated carbocycles. The molecule has 2 heteroatoms. The molecule has 2 nitrogen and oxygen atoms in total. The molecule has 0 aliphatic heterocycles. The largest absolute Gasteiger partial charge is 0.383 e. The fraction of sp³-hybridized carbons (Fsp3) is 0.500. The summed E-state index contributed by atoms with van der Waals surface area (Å²) < 4.78 is 0. The second kappa shape index (κ2) is 3.37. The van der Waals surface area contributed by atoms with Crippen molar-refractivity contribution in [2.75, 3.05) is 0 Å². The van der Waals surface area contributed by atoms with Gasteiger partial charge in [-0.15, -0.1) is 0 Å². The smallest absolute Gasteiger partial charge is 0.124 e. The van der Waals surface area contributed by atoms with Crippen LogP contribution in [0.3, 0.4) is 0 Å². The molecule has 0 heterocycles. The zero-order valence-corrected chi connectivity index (χ0v) is 8.66. The Morgan fingerprint density at radius 1 is 1.36 bits per heavy atom. The third-order valence-electron chi connectivity index (χ3n) is 3.36. The first-order chi connectivity index (χ1) is 6.65. The van der Waals surface area contributed by atoms with Gasteiger partial charge in [0.05, 0.1) is 0 Å². The number of quaternary nitrogens is 1. The maximum atomic E-state index is 10.4. The van der Waals surface area contributed by atoms with E-state index in [9.17, 15) is 5.11 Å². The zero-order valence-electron chi connectivity index (χ0n) is 8.66. The molecule has 1 aromatic rings. The van der Waals surface area contributed by atoms with Gasteiger partial charge in [-0.3, -0.25) is 0 Å². The summed E-state index contributed by atoms with van der Waals surface area (Å²) in [6, 6.07) is 8.42. The van der Waals surface area contributed by atoms with Gasteiger partial charge < -0.3 is 10.8 Å². The summed E-state index contributed by atoms with van der Waals surface area (Å²) in [6.45, 7) is 2.08. The fourth-order valence-electron chi connectivity index (χ4n) is 2.29. The van der Waals surface area contributed by atoms with E-state index in [0.29, 0.717) is 0 Å².